The van der Waals surface area contributed by atoms with Gasteiger partial charge in [0.2, 0.25) is 0 Å². The molecule has 1 aromatic rings. The van der Waals surface area contributed by atoms with Gasteiger partial charge in [0, 0.05) is 10.7 Å². The molecule has 3 heteroatoms. The molecule has 0 saturated heterocycles. The van der Waals surface area contributed by atoms with Crippen LogP contribution in [-0.4, -0.2) is 10.4 Å². The van der Waals surface area contributed by atoms with E-state index < -0.39 is 0 Å². The van der Waals surface area contributed by atoms with Crippen molar-refractivity contribution in [3.63, 3.8) is 0 Å². The maximum Gasteiger partial charge on any atom is 0.148 e. The van der Waals surface area contributed by atoms with E-state index in [9.17, 15) is 0 Å². The van der Waals surface area contributed by atoms with Crippen molar-refractivity contribution in [2.75, 3.05) is 0 Å². The van der Waals surface area contributed by atoms with Gasteiger partial charge < -0.3 is 4.52 Å². The highest BCUT2D eigenvalue weighted by Crippen LogP contribution is 2.49. The van der Waals surface area contributed by atoms with E-state index >= 15 is 0 Å². The van der Waals surface area contributed by atoms with Gasteiger partial charge in [-0.15, -0.1) is 5.10 Å². The minimum absolute atomic E-state index is 0.185. The van der Waals surface area contributed by atoms with Crippen LogP contribution in [0.5, 0.6) is 0 Å². The van der Waals surface area contributed by atoms with Gasteiger partial charge in [0.25, 0.3) is 0 Å². The van der Waals surface area contributed by atoms with E-state index in [-0.39, 0.29) is 5.41 Å². The molecule has 0 radical (unpaired) electrons. The maximum atomic E-state index is 4.78. The van der Waals surface area contributed by atoms with Crippen molar-refractivity contribution in [1.82, 2.24) is 10.4 Å². The average molecular weight is 162 g/mol. The zero-order valence-corrected chi connectivity index (χ0v) is 6.73. The summed E-state index contributed by atoms with van der Waals surface area (Å²) in [5, 5.41) is 7.52. The van der Waals surface area contributed by atoms with Crippen LogP contribution in [0.3, 0.4) is 0 Å². The summed E-state index contributed by atoms with van der Waals surface area (Å²) in [6.45, 7) is 0. The molecule has 2 unspecified atom stereocenters. The molecule has 0 spiro atoms. The molecule has 2 aliphatic rings. The van der Waals surface area contributed by atoms with Crippen molar-refractivity contribution in [2.45, 2.75) is 24.7 Å². The summed E-state index contributed by atoms with van der Waals surface area (Å²) in [6, 6.07) is 0. The smallest absolute Gasteiger partial charge is 0.148 e. The minimum atomic E-state index is 0.185. The van der Waals surface area contributed by atoms with Crippen LogP contribution in [0.15, 0.2) is 22.9 Å². The van der Waals surface area contributed by atoms with Gasteiger partial charge in [0.1, 0.15) is 12.0 Å². The second-order valence-electron chi connectivity index (χ2n) is 3.81. The lowest BCUT2D eigenvalue weighted by molar-refractivity contribution is 0.392. The summed E-state index contributed by atoms with van der Waals surface area (Å²) in [7, 11) is 0. The largest absolute Gasteiger partial charge is 0.345 e. The summed E-state index contributed by atoms with van der Waals surface area (Å²) in [5.41, 5.74) is 1.20. The maximum absolute atomic E-state index is 4.78. The lowest BCUT2D eigenvalue weighted by atomic mass is 9.85. The summed E-state index contributed by atoms with van der Waals surface area (Å²) < 4.78 is 4.78. The third kappa shape index (κ3) is 0.661. The van der Waals surface area contributed by atoms with E-state index in [1.54, 1.807) is 6.26 Å². The van der Waals surface area contributed by atoms with Crippen LogP contribution < -0.4 is 0 Å². The lowest BCUT2D eigenvalue weighted by Gasteiger charge is -2.18. The fraction of sp³-hybridized carbons (Fsp3) is 0.556. The molecule has 62 valence electrons. The monoisotopic (exact) mass is 162 g/mol. The lowest BCUT2D eigenvalue weighted by Crippen LogP contribution is -2.17. The predicted molar refractivity (Wildman–Crippen MR) is 42.5 cm³/mol. The molecule has 2 aliphatic carbocycles. The highest BCUT2D eigenvalue weighted by molar-refractivity contribution is 5.30. The SMILES string of the molecule is C1=CC2(c3conn3)CCC1C2. The number of aromatic nitrogens is 2. The Hall–Kier alpha value is -1.12. The van der Waals surface area contributed by atoms with Gasteiger partial charge in [-0.05, 0) is 25.2 Å². The average Bonchev–Trinajstić information content (AvgIpc) is 2.82. The first-order valence-electron chi connectivity index (χ1n) is 4.36. The molecule has 0 amide bonds. The minimum Gasteiger partial charge on any atom is -0.345 e. The zero-order chi connectivity index (χ0) is 8.02. The van der Waals surface area contributed by atoms with Gasteiger partial charge >= 0.3 is 0 Å². The quantitative estimate of drug-likeness (QED) is 0.590. The number of hydrogen-bond acceptors (Lipinski definition) is 3. The third-order valence-corrected chi connectivity index (χ3v) is 3.15. The van der Waals surface area contributed by atoms with E-state index in [0.717, 1.165) is 11.6 Å². The normalized spacial score (nSPS) is 37.8. The Kier molecular flexibility index (Phi) is 1.05. The molecule has 0 aromatic carbocycles. The number of nitrogens with zero attached hydrogens (tertiary/aromatic N) is 2. The van der Waals surface area contributed by atoms with Crippen LogP contribution in [-0.2, 0) is 5.41 Å². The molecule has 1 heterocycles. The van der Waals surface area contributed by atoms with Crippen molar-refractivity contribution in [3.05, 3.63) is 24.1 Å². The van der Waals surface area contributed by atoms with Crippen molar-refractivity contribution in [3.8, 4) is 0 Å². The van der Waals surface area contributed by atoms with Crippen molar-refractivity contribution >= 4 is 0 Å². The van der Waals surface area contributed by atoms with Gasteiger partial charge in [-0.1, -0.05) is 12.2 Å². The fourth-order valence-corrected chi connectivity index (χ4v) is 2.45. The highest BCUT2D eigenvalue weighted by atomic mass is 16.5. The molecular formula is C9H10N2O. The van der Waals surface area contributed by atoms with Crippen LogP contribution in [0.4, 0.5) is 0 Å². The number of allylic oxidation sites excluding steroid dienone is 2. The van der Waals surface area contributed by atoms with E-state index in [1.165, 1.54) is 19.3 Å². The molecule has 1 fully saturated rings. The Morgan fingerprint density at radius 2 is 2.58 bits per heavy atom. The zero-order valence-electron chi connectivity index (χ0n) is 6.73. The van der Waals surface area contributed by atoms with Gasteiger partial charge in [-0.25, -0.2) is 0 Å². The first kappa shape index (κ1) is 6.40. The Morgan fingerprint density at radius 1 is 1.58 bits per heavy atom. The van der Waals surface area contributed by atoms with Crippen LogP contribution in [0.1, 0.15) is 25.0 Å². The molecule has 0 N–H and O–H groups in total. The molecule has 2 bridgehead atoms. The molecule has 1 saturated carbocycles. The fourth-order valence-electron chi connectivity index (χ4n) is 2.45. The third-order valence-electron chi connectivity index (χ3n) is 3.15. The molecule has 3 nitrogen and oxygen atoms in total. The Labute approximate surface area is 70.4 Å². The summed E-state index contributed by atoms with van der Waals surface area (Å²) in [6.07, 6.45) is 9.98. The molecule has 3 rings (SSSR count). The predicted octanol–water partition coefficient (Wildman–Crippen LogP) is 1.68. The van der Waals surface area contributed by atoms with Crippen LogP contribution in [0, 0.1) is 5.92 Å². The van der Waals surface area contributed by atoms with Crippen molar-refractivity contribution < 1.29 is 4.52 Å². The molecular weight excluding hydrogens is 152 g/mol. The molecule has 2 atom stereocenters. The second-order valence-corrected chi connectivity index (χ2v) is 3.81. The van der Waals surface area contributed by atoms with Gasteiger partial charge in [-0.3, -0.25) is 0 Å². The Balaban J connectivity index is 2.07. The van der Waals surface area contributed by atoms with Gasteiger partial charge in [0.15, 0.2) is 0 Å². The Morgan fingerprint density at radius 3 is 3.08 bits per heavy atom. The second kappa shape index (κ2) is 1.97. The van der Waals surface area contributed by atoms with Crippen LogP contribution >= 0.6 is 0 Å². The summed E-state index contributed by atoms with van der Waals surface area (Å²) in [4.78, 5) is 0. The van der Waals surface area contributed by atoms with Crippen molar-refractivity contribution in [1.29, 1.82) is 0 Å². The van der Waals surface area contributed by atoms with Crippen LogP contribution in [0.25, 0.3) is 0 Å². The van der Waals surface area contributed by atoms with E-state index in [0.29, 0.717) is 0 Å². The number of fused-ring (bicyclic) bond motifs is 2. The standard InChI is InChI=1S/C9H10N2O/c1-3-9(4-2-7(1)5-9)8-6-12-11-10-8/h1,3,6-7H,2,4-5H2. The highest BCUT2D eigenvalue weighted by Gasteiger charge is 2.43. The summed E-state index contributed by atoms with van der Waals surface area (Å²) in [5.74, 6) is 0.779. The summed E-state index contributed by atoms with van der Waals surface area (Å²) >= 11 is 0. The molecule has 0 aliphatic heterocycles. The molecule has 12 heavy (non-hydrogen) atoms. The molecule has 1 aromatic heterocycles. The topological polar surface area (TPSA) is 38.9 Å². The van der Waals surface area contributed by atoms with E-state index in [4.69, 9.17) is 4.52 Å². The first-order valence-corrected chi connectivity index (χ1v) is 4.36. The first-order chi connectivity index (χ1) is 5.89. The van der Waals surface area contributed by atoms with Gasteiger partial charge in [-0.2, -0.15) is 0 Å². The van der Waals surface area contributed by atoms with Crippen LogP contribution in [0.2, 0.25) is 0 Å². The van der Waals surface area contributed by atoms with E-state index in [2.05, 4.69) is 22.5 Å². The van der Waals surface area contributed by atoms with Crippen molar-refractivity contribution in [2.24, 2.45) is 5.92 Å². The Bertz CT molecular complexity index is 317. The van der Waals surface area contributed by atoms with E-state index in [1.807, 2.05) is 0 Å². The number of rotatable bonds is 1. The number of hydrogen-bond donors (Lipinski definition) is 0. The van der Waals surface area contributed by atoms with Gasteiger partial charge in [0.05, 0.1) is 0 Å².